The molecule has 0 saturated carbocycles. The highest BCUT2D eigenvalue weighted by Gasteiger charge is 2.41. The SMILES string of the molecule is O=C(O)c1csc(C(=O)NC2CC3CCC2O3)n1. The number of aromatic nitrogens is 1. The third-order valence-electron chi connectivity index (χ3n) is 3.34. The number of carboxylic acid groups (broad SMARTS) is 1. The standard InChI is InChI=1S/C11H12N2O4S/c14-9(10-13-7(4-18-10)11(15)16)12-6-3-5-1-2-8(6)17-5/h4-6,8H,1-3H2,(H,12,14)(H,15,16). The molecule has 0 aliphatic carbocycles. The van der Waals surface area contributed by atoms with E-state index in [2.05, 4.69) is 10.3 Å². The molecule has 0 radical (unpaired) electrons. The van der Waals surface area contributed by atoms with Gasteiger partial charge in [0.25, 0.3) is 5.91 Å². The molecule has 0 aromatic carbocycles. The Morgan fingerprint density at radius 2 is 2.33 bits per heavy atom. The van der Waals surface area contributed by atoms with Crippen molar-refractivity contribution in [1.29, 1.82) is 0 Å². The van der Waals surface area contributed by atoms with Gasteiger partial charge in [-0.3, -0.25) is 4.79 Å². The number of carbonyl (C=O) groups excluding carboxylic acids is 1. The normalized spacial score (nSPS) is 29.4. The lowest BCUT2D eigenvalue weighted by molar-refractivity contribution is 0.0691. The molecule has 2 aliphatic heterocycles. The smallest absolute Gasteiger partial charge is 0.355 e. The topological polar surface area (TPSA) is 88.5 Å². The summed E-state index contributed by atoms with van der Waals surface area (Å²) < 4.78 is 5.64. The fraction of sp³-hybridized carbons (Fsp3) is 0.545. The minimum absolute atomic E-state index is 0.0356. The first-order chi connectivity index (χ1) is 8.63. The van der Waals surface area contributed by atoms with E-state index in [0.29, 0.717) is 0 Å². The van der Waals surface area contributed by atoms with E-state index in [-0.39, 0.29) is 34.9 Å². The van der Waals surface area contributed by atoms with E-state index in [1.807, 2.05) is 0 Å². The van der Waals surface area contributed by atoms with Gasteiger partial charge < -0.3 is 15.2 Å². The molecule has 2 saturated heterocycles. The van der Waals surface area contributed by atoms with Gasteiger partial charge in [0, 0.05) is 5.38 Å². The Hall–Kier alpha value is -1.47. The van der Waals surface area contributed by atoms with Crippen LogP contribution in [0.3, 0.4) is 0 Å². The van der Waals surface area contributed by atoms with Crippen molar-refractivity contribution in [3.63, 3.8) is 0 Å². The van der Waals surface area contributed by atoms with Crippen molar-refractivity contribution in [2.75, 3.05) is 0 Å². The van der Waals surface area contributed by atoms with E-state index in [4.69, 9.17) is 9.84 Å². The average Bonchev–Trinajstić information content (AvgIpc) is 3.04. The van der Waals surface area contributed by atoms with Crippen LogP contribution in [0.5, 0.6) is 0 Å². The minimum atomic E-state index is -1.12. The van der Waals surface area contributed by atoms with E-state index in [1.54, 1.807) is 0 Å². The van der Waals surface area contributed by atoms with Crippen LogP contribution in [-0.2, 0) is 4.74 Å². The lowest BCUT2D eigenvalue weighted by Gasteiger charge is -2.19. The summed E-state index contributed by atoms with van der Waals surface area (Å²) in [6.45, 7) is 0. The van der Waals surface area contributed by atoms with Crippen LogP contribution in [0.1, 0.15) is 39.6 Å². The lowest BCUT2D eigenvalue weighted by Crippen LogP contribution is -2.41. The third kappa shape index (κ3) is 1.99. The summed E-state index contributed by atoms with van der Waals surface area (Å²) in [4.78, 5) is 26.4. The molecule has 7 heteroatoms. The van der Waals surface area contributed by atoms with E-state index >= 15 is 0 Å². The highest BCUT2D eigenvalue weighted by atomic mass is 32.1. The van der Waals surface area contributed by atoms with Crippen LogP contribution in [0.25, 0.3) is 0 Å². The van der Waals surface area contributed by atoms with Crippen LogP contribution in [-0.4, -0.2) is 40.2 Å². The van der Waals surface area contributed by atoms with Gasteiger partial charge in [-0.25, -0.2) is 9.78 Å². The van der Waals surface area contributed by atoms with Crippen molar-refractivity contribution in [2.45, 2.75) is 37.5 Å². The van der Waals surface area contributed by atoms with Gasteiger partial charge in [0.1, 0.15) is 0 Å². The van der Waals surface area contributed by atoms with Gasteiger partial charge in [-0.05, 0) is 19.3 Å². The molecule has 2 aliphatic rings. The summed E-state index contributed by atoms with van der Waals surface area (Å²) in [6.07, 6.45) is 3.27. The summed E-state index contributed by atoms with van der Waals surface area (Å²) in [6, 6.07) is 0.0356. The number of nitrogens with one attached hydrogen (secondary N) is 1. The first kappa shape index (κ1) is 11.6. The van der Waals surface area contributed by atoms with Crippen LogP contribution >= 0.6 is 11.3 Å². The molecular weight excluding hydrogens is 256 g/mol. The van der Waals surface area contributed by atoms with Crippen LogP contribution in [0.15, 0.2) is 5.38 Å². The first-order valence-electron chi connectivity index (χ1n) is 5.78. The molecule has 18 heavy (non-hydrogen) atoms. The average molecular weight is 268 g/mol. The minimum Gasteiger partial charge on any atom is -0.476 e. The molecular formula is C11H12N2O4S. The first-order valence-corrected chi connectivity index (χ1v) is 6.66. The van der Waals surface area contributed by atoms with Crippen LogP contribution in [0.2, 0.25) is 0 Å². The zero-order valence-electron chi connectivity index (χ0n) is 9.46. The molecule has 2 bridgehead atoms. The van der Waals surface area contributed by atoms with Crippen LogP contribution in [0.4, 0.5) is 0 Å². The van der Waals surface area contributed by atoms with Crippen LogP contribution in [0, 0.1) is 0 Å². The molecule has 1 aromatic heterocycles. The van der Waals surface area contributed by atoms with Gasteiger partial charge in [0.2, 0.25) is 0 Å². The van der Waals surface area contributed by atoms with Crippen molar-refractivity contribution < 1.29 is 19.4 Å². The predicted molar refractivity (Wildman–Crippen MR) is 62.8 cm³/mol. The maximum Gasteiger partial charge on any atom is 0.355 e. The van der Waals surface area contributed by atoms with E-state index < -0.39 is 5.97 Å². The number of fused-ring (bicyclic) bond motifs is 2. The molecule has 0 spiro atoms. The molecule has 96 valence electrons. The number of hydrogen-bond acceptors (Lipinski definition) is 5. The Labute approximate surface area is 107 Å². The molecule has 2 N–H and O–H groups in total. The molecule has 1 aromatic rings. The number of carbonyl (C=O) groups is 2. The summed E-state index contributed by atoms with van der Waals surface area (Å²) in [5.74, 6) is -1.43. The van der Waals surface area contributed by atoms with Gasteiger partial charge >= 0.3 is 5.97 Å². The molecule has 3 atom stereocenters. The van der Waals surface area contributed by atoms with Crippen molar-refractivity contribution in [1.82, 2.24) is 10.3 Å². The van der Waals surface area contributed by atoms with Crippen molar-refractivity contribution in [2.24, 2.45) is 0 Å². The quantitative estimate of drug-likeness (QED) is 0.850. The summed E-state index contributed by atoms with van der Waals surface area (Å²) in [5, 5.41) is 13.2. The number of carboxylic acids is 1. The molecule has 2 fully saturated rings. The van der Waals surface area contributed by atoms with Gasteiger partial charge in [0.15, 0.2) is 10.7 Å². The van der Waals surface area contributed by atoms with Gasteiger partial charge in [-0.2, -0.15) is 0 Å². The largest absolute Gasteiger partial charge is 0.476 e. The summed E-state index contributed by atoms with van der Waals surface area (Å²) in [7, 11) is 0. The second-order valence-electron chi connectivity index (χ2n) is 4.53. The summed E-state index contributed by atoms with van der Waals surface area (Å²) >= 11 is 1.04. The fourth-order valence-corrected chi connectivity index (χ4v) is 3.19. The van der Waals surface area contributed by atoms with Crippen LogP contribution < -0.4 is 5.32 Å². The second-order valence-corrected chi connectivity index (χ2v) is 5.39. The third-order valence-corrected chi connectivity index (χ3v) is 4.18. The van der Waals surface area contributed by atoms with Gasteiger partial charge in [-0.15, -0.1) is 11.3 Å². The fourth-order valence-electron chi connectivity index (χ4n) is 2.50. The monoisotopic (exact) mass is 268 g/mol. The highest BCUT2D eigenvalue weighted by Crippen LogP contribution is 2.34. The van der Waals surface area contributed by atoms with Gasteiger partial charge in [0.05, 0.1) is 18.2 Å². The van der Waals surface area contributed by atoms with Crippen molar-refractivity contribution in [3.8, 4) is 0 Å². The van der Waals surface area contributed by atoms with Crippen molar-refractivity contribution >= 4 is 23.2 Å². The Morgan fingerprint density at radius 1 is 1.50 bits per heavy atom. The molecule has 1 amide bonds. The van der Waals surface area contributed by atoms with E-state index in [9.17, 15) is 9.59 Å². The Kier molecular flexibility index (Phi) is 2.79. The maximum absolute atomic E-state index is 11.9. The number of ether oxygens (including phenoxy) is 1. The highest BCUT2D eigenvalue weighted by molar-refractivity contribution is 7.11. The maximum atomic E-state index is 11.9. The Morgan fingerprint density at radius 3 is 2.89 bits per heavy atom. The molecule has 3 rings (SSSR count). The van der Waals surface area contributed by atoms with E-state index in [1.165, 1.54) is 5.38 Å². The summed E-state index contributed by atoms with van der Waals surface area (Å²) in [5.41, 5.74) is -0.0886. The van der Waals surface area contributed by atoms with Gasteiger partial charge in [-0.1, -0.05) is 0 Å². The van der Waals surface area contributed by atoms with E-state index in [0.717, 1.165) is 30.6 Å². The molecule has 3 heterocycles. The molecule has 6 nitrogen and oxygen atoms in total. The Balaban J connectivity index is 1.65. The number of hydrogen-bond donors (Lipinski definition) is 2. The zero-order chi connectivity index (χ0) is 12.7. The number of nitrogens with zero attached hydrogens (tertiary/aromatic N) is 1. The number of amides is 1. The predicted octanol–water partition coefficient (Wildman–Crippen LogP) is 0.891. The number of rotatable bonds is 3. The molecule has 3 unspecified atom stereocenters. The Bertz CT molecular complexity index is 501. The second kappa shape index (κ2) is 4.33. The van der Waals surface area contributed by atoms with Crippen molar-refractivity contribution in [3.05, 3.63) is 16.1 Å². The lowest BCUT2D eigenvalue weighted by atomic mass is 9.95. The number of aromatic carboxylic acids is 1. The number of thiazole rings is 1. The zero-order valence-corrected chi connectivity index (χ0v) is 10.3.